The Morgan fingerprint density at radius 1 is 0.903 bits per heavy atom. The molecule has 1 aliphatic heterocycles. The smallest absolute Gasteiger partial charge is 0.322 e. The quantitative estimate of drug-likeness (QED) is 0.424. The Balaban J connectivity index is 1.32. The van der Waals surface area contributed by atoms with Crippen molar-refractivity contribution in [3.05, 3.63) is 96.4 Å². The molecule has 1 amide bonds. The summed E-state index contributed by atoms with van der Waals surface area (Å²) in [4.78, 5) is 16.7. The summed E-state index contributed by atoms with van der Waals surface area (Å²) < 4.78 is 5.70. The van der Waals surface area contributed by atoms with Gasteiger partial charge in [-0.3, -0.25) is 10.1 Å². The molecule has 1 N–H and O–H groups in total. The Morgan fingerprint density at radius 3 is 2.26 bits per heavy atom. The first-order chi connectivity index (χ1) is 15.3. The van der Waals surface area contributed by atoms with Gasteiger partial charge in [0.25, 0.3) is 5.91 Å². The number of nitrogens with one attached hydrogen (secondary N) is 1. The second-order valence-electron chi connectivity index (χ2n) is 6.86. The number of hydrogen-bond acceptors (Lipinski definition) is 6. The number of amides is 1. The Bertz CT molecular complexity index is 1210. The lowest BCUT2D eigenvalue weighted by molar-refractivity contribution is -0.112. The molecule has 3 aromatic carbocycles. The zero-order valence-electron chi connectivity index (χ0n) is 16.4. The fourth-order valence-corrected chi connectivity index (χ4v) is 4.43. The van der Waals surface area contributed by atoms with Gasteiger partial charge in [-0.15, -0.1) is 5.10 Å². The highest BCUT2D eigenvalue weighted by Crippen LogP contribution is 2.48. The molecule has 0 spiro atoms. The summed E-state index contributed by atoms with van der Waals surface area (Å²) in [5, 5.41) is 10.7. The van der Waals surface area contributed by atoms with E-state index < -0.39 is 0 Å². The van der Waals surface area contributed by atoms with Crippen LogP contribution in [0.2, 0.25) is 0 Å². The highest BCUT2D eigenvalue weighted by Gasteiger charge is 2.24. The fraction of sp³-hybridized carbons (Fsp3) is 0.0417. The molecule has 2 heterocycles. The third-order valence-electron chi connectivity index (χ3n) is 4.75. The van der Waals surface area contributed by atoms with Crippen LogP contribution in [0, 0.1) is 0 Å². The highest BCUT2D eigenvalue weighted by molar-refractivity contribution is 7.99. The SMILES string of the molecule is O=C(/C=C/c1ccccc1)Nc1nnc(CN2c3ccccc3Sc3ccccc32)o1. The molecule has 1 aromatic heterocycles. The number of rotatable bonds is 5. The van der Waals surface area contributed by atoms with Crippen LogP contribution in [0.15, 0.2) is 99.1 Å². The number of benzene rings is 3. The summed E-state index contributed by atoms with van der Waals surface area (Å²) in [6.45, 7) is 0.400. The molecule has 0 bridgehead atoms. The minimum absolute atomic E-state index is 0.0747. The van der Waals surface area contributed by atoms with Crippen molar-refractivity contribution in [2.75, 3.05) is 10.2 Å². The molecular formula is C24H18N4O2S. The topological polar surface area (TPSA) is 71.3 Å². The molecule has 0 aliphatic carbocycles. The summed E-state index contributed by atoms with van der Waals surface area (Å²) >= 11 is 1.74. The van der Waals surface area contributed by atoms with Crippen molar-refractivity contribution in [2.24, 2.45) is 0 Å². The molecule has 4 aromatic rings. The monoisotopic (exact) mass is 426 g/mol. The third-order valence-corrected chi connectivity index (χ3v) is 5.88. The summed E-state index contributed by atoms with van der Waals surface area (Å²) in [7, 11) is 0. The molecule has 0 atom stereocenters. The molecule has 0 saturated carbocycles. The number of para-hydroxylation sites is 2. The Labute approximate surface area is 183 Å². The van der Waals surface area contributed by atoms with E-state index in [9.17, 15) is 4.79 Å². The van der Waals surface area contributed by atoms with Crippen LogP contribution in [-0.2, 0) is 11.3 Å². The van der Waals surface area contributed by atoms with Gasteiger partial charge >= 0.3 is 6.01 Å². The van der Waals surface area contributed by atoms with Gasteiger partial charge < -0.3 is 9.32 Å². The number of fused-ring (bicyclic) bond motifs is 2. The first-order valence-electron chi connectivity index (χ1n) is 9.76. The van der Waals surface area contributed by atoms with E-state index in [0.29, 0.717) is 12.4 Å². The number of carbonyl (C=O) groups is 1. The van der Waals surface area contributed by atoms with E-state index in [4.69, 9.17) is 4.42 Å². The Kier molecular flexibility index (Phi) is 5.24. The minimum Gasteiger partial charge on any atom is -0.406 e. The largest absolute Gasteiger partial charge is 0.406 e. The van der Waals surface area contributed by atoms with Gasteiger partial charge in [0.2, 0.25) is 5.89 Å². The van der Waals surface area contributed by atoms with Crippen LogP contribution in [0.5, 0.6) is 0 Å². The number of aromatic nitrogens is 2. The van der Waals surface area contributed by atoms with Crippen molar-refractivity contribution < 1.29 is 9.21 Å². The molecule has 0 fully saturated rings. The van der Waals surface area contributed by atoms with E-state index in [1.54, 1.807) is 17.8 Å². The number of carbonyl (C=O) groups excluding carboxylic acids is 1. The average molecular weight is 427 g/mol. The van der Waals surface area contributed by atoms with Gasteiger partial charge in [-0.05, 0) is 35.9 Å². The van der Waals surface area contributed by atoms with Crippen molar-refractivity contribution in [3.8, 4) is 0 Å². The molecular weight excluding hydrogens is 408 g/mol. The van der Waals surface area contributed by atoms with Crippen LogP contribution in [0.25, 0.3) is 6.08 Å². The van der Waals surface area contributed by atoms with Gasteiger partial charge in [0.05, 0.1) is 11.4 Å². The maximum absolute atomic E-state index is 12.2. The summed E-state index contributed by atoms with van der Waals surface area (Å²) in [5.41, 5.74) is 3.10. The summed E-state index contributed by atoms with van der Waals surface area (Å²) in [5.74, 6) is 0.0861. The van der Waals surface area contributed by atoms with Crippen LogP contribution < -0.4 is 10.2 Å². The molecule has 152 valence electrons. The van der Waals surface area contributed by atoms with Gasteiger partial charge in [-0.1, -0.05) is 71.5 Å². The normalized spacial score (nSPS) is 12.5. The van der Waals surface area contributed by atoms with Crippen molar-refractivity contribution in [3.63, 3.8) is 0 Å². The van der Waals surface area contributed by atoms with E-state index in [0.717, 1.165) is 16.9 Å². The Hall–Kier alpha value is -3.84. The number of hydrogen-bond donors (Lipinski definition) is 1. The molecule has 1 aliphatic rings. The van der Waals surface area contributed by atoms with E-state index in [1.807, 2.05) is 54.6 Å². The third kappa shape index (κ3) is 4.22. The zero-order chi connectivity index (χ0) is 21.0. The lowest BCUT2D eigenvalue weighted by Gasteiger charge is -2.31. The predicted octanol–water partition coefficient (Wildman–Crippen LogP) is 5.52. The minimum atomic E-state index is -0.330. The van der Waals surface area contributed by atoms with Gasteiger partial charge in [-0.2, -0.15) is 0 Å². The lowest BCUT2D eigenvalue weighted by Crippen LogP contribution is -2.20. The maximum Gasteiger partial charge on any atom is 0.322 e. The van der Waals surface area contributed by atoms with Crippen LogP contribution in [0.4, 0.5) is 17.4 Å². The molecule has 6 nitrogen and oxygen atoms in total. The molecule has 0 saturated heterocycles. The molecule has 7 heteroatoms. The van der Waals surface area contributed by atoms with Gasteiger partial charge in [0.15, 0.2) is 0 Å². The number of nitrogens with zero attached hydrogens (tertiary/aromatic N) is 3. The summed E-state index contributed by atoms with van der Waals surface area (Å²) in [6.07, 6.45) is 3.17. The average Bonchev–Trinajstić information content (AvgIpc) is 3.25. The van der Waals surface area contributed by atoms with Gasteiger partial charge in [0, 0.05) is 15.9 Å². The second kappa shape index (κ2) is 8.49. The first kappa shape index (κ1) is 19.1. The van der Waals surface area contributed by atoms with Crippen LogP contribution in [0.1, 0.15) is 11.5 Å². The molecule has 0 radical (unpaired) electrons. The van der Waals surface area contributed by atoms with Gasteiger partial charge in [-0.25, -0.2) is 0 Å². The number of anilines is 3. The maximum atomic E-state index is 12.2. The van der Waals surface area contributed by atoms with Crippen LogP contribution in [-0.4, -0.2) is 16.1 Å². The van der Waals surface area contributed by atoms with E-state index >= 15 is 0 Å². The van der Waals surface area contributed by atoms with E-state index in [-0.39, 0.29) is 11.9 Å². The van der Waals surface area contributed by atoms with Crippen molar-refractivity contribution in [1.82, 2.24) is 10.2 Å². The lowest BCUT2D eigenvalue weighted by atomic mass is 10.2. The second-order valence-corrected chi connectivity index (χ2v) is 7.94. The standard InChI is InChI=1S/C24H18N4O2S/c29-22(15-14-17-8-2-1-3-9-17)25-24-27-26-23(30-24)16-28-18-10-4-6-12-20(18)31-21-13-7-5-11-19(21)28/h1-15H,16H2,(H,25,27,29)/b15-14+. The van der Waals surface area contributed by atoms with Crippen molar-refractivity contribution >= 4 is 41.1 Å². The highest BCUT2D eigenvalue weighted by atomic mass is 32.2. The summed E-state index contributed by atoms with van der Waals surface area (Å²) in [6, 6.07) is 26.1. The molecule has 0 unspecified atom stereocenters. The molecule has 5 rings (SSSR count). The fourth-order valence-electron chi connectivity index (χ4n) is 3.34. The zero-order valence-corrected chi connectivity index (χ0v) is 17.3. The van der Waals surface area contributed by atoms with E-state index in [1.165, 1.54) is 15.9 Å². The van der Waals surface area contributed by atoms with Crippen LogP contribution >= 0.6 is 11.8 Å². The predicted molar refractivity (Wildman–Crippen MR) is 121 cm³/mol. The van der Waals surface area contributed by atoms with Crippen molar-refractivity contribution in [2.45, 2.75) is 16.3 Å². The Morgan fingerprint density at radius 2 is 1.55 bits per heavy atom. The molecule has 31 heavy (non-hydrogen) atoms. The first-order valence-corrected chi connectivity index (χ1v) is 10.6. The van der Waals surface area contributed by atoms with Crippen LogP contribution in [0.3, 0.4) is 0 Å². The van der Waals surface area contributed by atoms with Crippen molar-refractivity contribution in [1.29, 1.82) is 0 Å². The van der Waals surface area contributed by atoms with Gasteiger partial charge in [0.1, 0.15) is 6.54 Å². The van der Waals surface area contributed by atoms with E-state index in [2.05, 4.69) is 44.7 Å².